The molecule has 0 aliphatic carbocycles. The number of rotatable bonds is 9. The van der Waals surface area contributed by atoms with Gasteiger partial charge in [0.1, 0.15) is 0 Å². The Kier molecular flexibility index (Phi) is 10.7. The molecule has 9 heteroatoms. The molecule has 0 spiro atoms. The molecular weight excluding hydrogens is 604 g/mol. The highest BCUT2D eigenvalue weighted by molar-refractivity contribution is 6.09. The van der Waals surface area contributed by atoms with Crippen molar-refractivity contribution in [2.24, 2.45) is 10.8 Å². The Labute approximate surface area is 280 Å². The summed E-state index contributed by atoms with van der Waals surface area (Å²) < 4.78 is 0. The van der Waals surface area contributed by atoms with Crippen LogP contribution >= 0.6 is 0 Å². The predicted octanol–water partition coefficient (Wildman–Crippen LogP) is 8.06. The van der Waals surface area contributed by atoms with Crippen molar-refractivity contribution in [1.29, 1.82) is 0 Å². The van der Waals surface area contributed by atoms with Crippen LogP contribution in [0, 0.1) is 10.8 Å². The number of hydrogen-bond donors (Lipinski definition) is 4. The number of ketones is 1. The van der Waals surface area contributed by atoms with Crippen LogP contribution in [-0.2, 0) is 9.59 Å². The molecule has 0 heterocycles. The van der Waals surface area contributed by atoms with Crippen LogP contribution in [0.25, 0.3) is 6.08 Å². The summed E-state index contributed by atoms with van der Waals surface area (Å²) in [6, 6.07) is 26.9. The molecule has 0 aliphatic rings. The lowest BCUT2D eigenvalue weighted by molar-refractivity contribution is -0.123. The van der Waals surface area contributed by atoms with Crippen LogP contribution in [0.5, 0.6) is 0 Å². The van der Waals surface area contributed by atoms with Gasteiger partial charge in [-0.2, -0.15) is 0 Å². The minimum Gasteiger partial charge on any atom is -0.326 e. The van der Waals surface area contributed by atoms with Gasteiger partial charge in [0.05, 0.1) is 0 Å². The van der Waals surface area contributed by atoms with Crippen LogP contribution in [0.1, 0.15) is 78.2 Å². The van der Waals surface area contributed by atoms with Crippen LogP contribution in [0.3, 0.4) is 0 Å². The first-order chi connectivity index (χ1) is 22.6. The number of nitrogens with one attached hydrogen (secondary N) is 4. The molecule has 48 heavy (non-hydrogen) atoms. The third kappa shape index (κ3) is 9.83. The van der Waals surface area contributed by atoms with E-state index in [1.807, 2.05) is 47.6 Å². The molecule has 0 radical (unpaired) electrons. The van der Waals surface area contributed by atoms with Crippen molar-refractivity contribution in [3.8, 4) is 0 Å². The molecule has 0 saturated carbocycles. The largest absolute Gasteiger partial charge is 0.326 e. The molecule has 0 aromatic heterocycles. The first-order valence-corrected chi connectivity index (χ1v) is 15.5. The number of amides is 4. The van der Waals surface area contributed by atoms with Gasteiger partial charge < -0.3 is 21.3 Å². The van der Waals surface area contributed by atoms with E-state index in [0.717, 1.165) is 0 Å². The van der Waals surface area contributed by atoms with E-state index in [1.54, 1.807) is 97.1 Å². The first-order valence-electron chi connectivity index (χ1n) is 15.5. The van der Waals surface area contributed by atoms with E-state index in [-0.39, 0.29) is 29.4 Å². The van der Waals surface area contributed by atoms with Crippen molar-refractivity contribution in [2.45, 2.75) is 41.5 Å². The van der Waals surface area contributed by atoms with Crippen molar-refractivity contribution in [3.63, 3.8) is 0 Å². The van der Waals surface area contributed by atoms with Gasteiger partial charge in [-0.05, 0) is 84.4 Å². The number of carbonyl (C=O) groups excluding carboxylic acids is 5. The number of allylic oxidation sites excluding steroid dienone is 1. The summed E-state index contributed by atoms with van der Waals surface area (Å²) in [5, 5.41) is 11.3. The minimum absolute atomic E-state index is 0.120. The average Bonchev–Trinajstić information content (AvgIpc) is 3.03. The SMILES string of the molecule is CC(C)(C)C(=O)Nc1ccc(C(=O)Nc2cccc(C=CC(=O)c3cccc(NC(=O)c4ccc(NC(=O)C(C)(C)C)cc4)c3)c2)cc1. The minimum atomic E-state index is -0.543. The highest BCUT2D eigenvalue weighted by Gasteiger charge is 2.22. The second-order valence-corrected chi connectivity index (χ2v) is 13.4. The van der Waals surface area contributed by atoms with Gasteiger partial charge in [0.15, 0.2) is 5.78 Å². The zero-order valence-electron chi connectivity index (χ0n) is 27.9. The number of anilines is 4. The third-order valence-corrected chi connectivity index (χ3v) is 7.15. The lowest BCUT2D eigenvalue weighted by Crippen LogP contribution is -2.27. The molecule has 0 fully saturated rings. The van der Waals surface area contributed by atoms with Gasteiger partial charge in [-0.25, -0.2) is 0 Å². The molecule has 0 saturated heterocycles. The van der Waals surface area contributed by atoms with Gasteiger partial charge >= 0.3 is 0 Å². The van der Waals surface area contributed by atoms with Crippen molar-refractivity contribution in [3.05, 3.63) is 125 Å². The van der Waals surface area contributed by atoms with Crippen LogP contribution < -0.4 is 21.3 Å². The number of carbonyl (C=O) groups is 5. The van der Waals surface area contributed by atoms with Crippen molar-refractivity contribution in [2.75, 3.05) is 21.3 Å². The Morgan fingerprint density at radius 1 is 0.479 bits per heavy atom. The Hall–Kier alpha value is -5.83. The average molecular weight is 645 g/mol. The molecule has 0 atom stereocenters. The van der Waals surface area contributed by atoms with E-state index >= 15 is 0 Å². The lowest BCUT2D eigenvalue weighted by Gasteiger charge is -2.17. The Morgan fingerprint density at radius 2 is 0.917 bits per heavy atom. The molecule has 0 bridgehead atoms. The molecule has 4 aromatic carbocycles. The fraction of sp³-hybridized carbons (Fsp3) is 0.205. The zero-order valence-corrected chi connectivity index (χ0v) is 27.9. The lowest BCUT2D eigenvalue weighted by atomic mass is 9.95. The summed E-state index contributed by atoms with van der Waals surface area (Å²) in [7, 11) is 0. The van der Waals surface area contributed by atoms with Gasteiger partial charge in [-0.3, -0.25) is 24.0 Å². The Morgan fingerprint density at radius 3 is 1.38 bits per heavy atom. The molecule has 0 unspecified atom stereocenters. The number of hydrogen-bond acceptors (Lipinski definition) is 5. The quantitative estimate of drug-likeness (QED) is 0.108. The topological polar surface area (TPSA) is 133 Å². The molecule has 9 nitrogen and oxygen atoms in total. The molecular formula is C39H40N4O5. The van der Waals surface area contributed by atoms with Crippen LogP contribution in [-0.4, -0.2) is 29.4 Å². The molecule has 4 aromatic rings. The summed E-state index contributed by atoms with van der Waals surface area (Å²) in [5.74, 6) is -1.19. The van der Waals surface area contributed by atoms with E-state index in [0.29, 0.717) is 45.0 Å². The van der Waals surface area contributed by atoms with E-state index in [2.05, 4.69) is 21.3 Å². The van der Waals surface area contributed by atoms with Crippen molar-refractivity contribution in [1.82, 2.24) is 0 Å². The normalized spacial score (nSPS) is 11.5. The molecule has 4 amide bonds. The fourth-order valence-electron chi connectivity index (χ4n) is 4.19. The summed E-state index contributed by atoms with van der Waals surface area (Å²) in [5.41, 5.74) is 3.03. The Bertz CT molecular complexity index is 1860. The summed E-state index contributed by atoms with van der Waals surface area (Å²) in [4.78, 5) is 63.1. The third-order valence-electron chi connectivity index (χ3n) is 7.15. The van der Waals surface area contributed by atoms with Gasteiger partial charge in [-0.15, -0.1) is 0 Å². The zero-order chi connectivity index (χ0) is 35.1. The molecule has 4 N–H and O–H groups in total. The second kappa shape index (κ2) is 14.7. The Balaban J connectivity index is 1.34. The highest BCUT2D eigenvalue weighted by Crippen LogP contribution is 2.21. The summed E-state index contributed by atoms with van der Waals surface area (Å²) in [6.45, 7) is 10.9. The van der Waals surface area contributed by atoms with Gasteiger partial charge in [0.2, 0.25) is 11.8 Å². The van der Waals surface area contributed by atoms with Crippen molar-refractivity contribution < 1.29 is 24.0 Å². The van der Waals surface area contributed by atoms with E-state index in [4.69, 9.17) is 0 Å². The highest BCUT2D eigenvalue weighted by atomic mass is 16.2. The van der Waals surface area contributed by atoms with E-state index in [9.17, 15) is 24.0 Å². The maximum absolute atomic E-state index is 13.0. The maximum Gasteiger partial charge on any atom is 0.255 e. The number of benzene rings is 4. The van der Waals surface area contributed by atoms with Gasteiger partial charge in [0.25, 0.3) is 11.8 Å². The fourth-order valence-corrected chi connectivity index (χ4v) is 4.19. The standard InChI is InChI=1S/C39H40N4O5/c1-38(2,3)36(47)42-29-18-14-26(15-19-29)34(45)40-31-11-7-9-25(23-31)13-22-33(44)28-10-8-12-32(24-28)41-35(46)27-16-20-30(21-17-27)43-37(48)39(4,5)6/h7-24H,1-6H3,(H,40,45)(H,41,46)(H,42,47)(H,43,48). The molecule has 0 aliphatic heterocycles. The monoisotopic (exact) mass is 644 g/mol. The summed E-state index contributed by atoms with van der Waals surface area (Å²) in [6.07, 6.45) is 3.08. The smallest absolute Gasteiger partial charge is 0.255 e. The molecule has 4 rings (SSSR count). The second-order valence-electron chi connectivity index (χ2n) is 13.4. The first kappa shape index (κ1) is 35.0. The van der Waals surface area contributed by atoms with Gasteiger partial charge in [0, 0.05) is 50.3 Å². The van der Waals surface area contributed by atoms with Crippen LogP contribution in [0.2, 0.25) is 0 Å². The van der Waals surface area contributed by atoms with Gasteiger partial charge in [-0.1, -0.05) is 71.9 Å². The summed E-state index contributed by atoms with van der Waals surface area (Å²) >= 11 is 0. The maximum atomic E-state index is 13.0. The van der Waals surface area contributed by atoms with Crippen molar-refractivity contribution >= 4 is 58.2 Å². The van der Waals surface area contributed by atoms with Crippen LogP contribution in [0.4, 0.5) is 22.7 Å². The predicted molar refractivity (Wildman–Crippen MR) is 191 cm³/mol. The molecule has 246 valence electrons. The van der Waals surface area contributed by atoms with E-state index < -0.39 is 10.8 Å². The van der Waals surface area contributed by atoms with Crippen LogP contribution in [0.15, 0.2) is 103 Å². The van der Waals surface area contributed by atoms with E-state index in [1.165, 1.54) is 6.08 Å².